The second kappa shape index (κ2) is 9.26. The number of nitrogens with zero attached hydrogens (tertiary/aromatic N) is 2. The molecule has 0 unspecified atom stereocenters. The molecule has 0 radical (unpaired) electrons. The van der Waals surface area contributed by atoms with Gasteiger partial charge in [0.1, 0.15) is 0 Å². The summed E-state index contributed by atoms with van der Waals surface area (Å²) in [6.45, 7) is 1.67. The van der Waals surface area contributed by atoms with Crippen molar-refractivity contribution in [3.8, 4) is 11.1 Å². The molecule has 2 rings (SSSR count). The number of carbonyl (C=O) groups is 3. The molecule has 9 heteroatoms. The lowest BCUT2D eigenvalue weighted by atomic mass is 9.96. The highest BCUT2D eigenvalue weighted by Gasteiger charge is 2.47. The number of benzene rings is 1. The number of hydrogen-bond acceptors (Lipinski definition) is 6. The number of carbonyl (C=O) groups excluding carboxylic acids is 3. The minimum absolute atomic E-state index is 0.279. The van der Waals surface area contributed by atoms with Crippen molar-refractivity contribution in [3.05, 3.63) is 53.9 Å². The maximum atomic E-state index is 12.9. The first-order valence-corrected chi connectivity index (χ1v) is 8.78. The molecule has 0 aliphatic carbocycles. The average Bonchev–Trinajstić information content (AvgIpc) is 2.77. The SMILES string of the molecule is CNC(=O)[C@@](C)(C(=O)NO)N(C)C(=O)c1ccc(-c2ccc(COC)nc2)cc1. The van der Waals surface area contributed by atoms with Crippen LogP contribution in [0.15, 0.2) is 42.6 Å². The van der Waals surface area contributed by atoms with E-state index in [2.05, 4.69) is 10.3 Å². The van der Waals surface area contributed by atoms with Gasteiger partial charge in [0.2, 0.25) is 0 Å². The van der Waals surface area contributed by atoms with Crippen LogP contribution in [0, 0.1) is 0 Å². The smallest absolute Gasteiger partial charge is 0.278 e. The minimum atomic E-state index is -1.93. The highest BCUT2D eigenvalue weighted by molar-refractivity contribution is 6.12. The van der Waals surface area contributed by atoms with Gasteiger partial charge in [-0.3, -0.25) is 24.6 Å². The zero-order valence-corrected chi connectivity index (χ0v) is 16.7. The monoisotopic (exact) mass is 400 g/mol. The summed E-state index contributed by atoms with van der Waals surface area (Å²) in [5.41, 5.74) is 2.31. The summed E-state index contributed by atoms with van der Waals surface area (Å²) in [7, 11) is 4.26. The molecule has 3 N–H and O–H groups in total. The van der Waals surface area contributed by atoms with Crippen molar-refractivity contribution < 1.29 is 24.3 Å². The molecule has 1 aromatic carbocycles. The molecule has 0 aliphatic heterocycles. The van der Waals surface area contributed by atoms with Crippen LogP contribution >= 0.6 is 0 Å². The molecule has 1 aromatic heterocycles. The Kier molecular flexibility index (Phi) is 7.03. The van der Waals surface area contributed by atoms with Gasteiger partial charge < -0.3 is 15.0 Å². The highest BCUT2D eigenvalue weighted by Crippen LogP contribution is 2.22. The molecule has 1 heterocycles. The summed E-state index contributed by atoms with van der Waals surface area (Å²) in [6.07, 6.45) is 1.71. The molecule has 0 spiro atoms. The zero-order chi connectivity index (χ0) is 21.6. The summed E-state index contributed by atoms with van der Waals surface area (Å²) in [6, 6.07) is 10.4. The van der Waals surface area contributed by atoms with Gasteiger partial charge in [-0.15, -0.1) is 0 Å². The van der Waals surface area contributed by atoms with Gasteiger partial charge in [-0.25, -0.2) is 5.48 Å². The Morgan fingerprint density at radius 3 is 2.21 bits per heavy atom. The van der Waals surface area contributed by atoms with Crippen LogP contribution in [0.1, 0.15) is 23.0 Å². The van der Waals surface area contributed by atoms with E-state index in [-0.39, 0.29) is 5.56 Å². The van der Waals surface area contributed by atoms with Crippen LogP contribution in [-0.2, 0) is 20.9 Å². The van der Waals surface area contributed by atoms with Crippen molar-refractivity contribution in [1.29, 1.82) is 0 Å². The Hall–Kier alpha value is -3.30. The third kappa shape index (κ3) is 4.41. The van der Waals surface area contributed by atoms with Crippen molar-refractivity contribution in [2.24, 2.45) is 0 Å². The van der Waals surface area contributed by atoms with Gasteiger partial charge in [0.05, 0.1) is 12.3 Å². The molecule has 3 amide bonds. The molecule has 0 saturated carbocycles. The number of rotatable bonds is 7. The third-order valence-corrected chi connectivity index (χ3v) is 4.77. The van der Waals surface area contributed by atoms with Crippen LogP contribution in [0.4, 0.5) is 0 Å². The molecule has 0 fully saturated rings. The molecule has 29 heavy (non-hydrogen) atoms. The minimum Gasteiger partial charge on any atom is -0.378 e. The Morgan fingerprint density at radius 2 is 1.72 bits per heavy atom. The second-order valence-corrected chi connectivity index (χ2v) is 6.51. The molecular weight excluding hydrogens is 376 g/mol. The lowest BCUT2D eigenvalue weighted by molar-refractivity contribution is -0.148. The molecule has 0 aliphatic rings. The van der Waals surface area contributed by atoms with Crippen LogP contribution in [0.5, 0.6) is 0 Å². The zero-order valence-electron chi connectivity index (χ0n) is 16.7. The summed E-state index contributed by atoms with van der Waals surface area (Å²) < 4.78 is 5.04. The third-order valence-electron chi connectivity index (χ3n) is 4.77. The van der Waals surface area contributed by atoms with Crippen LogP contribution in [-0.4, -0.2) is 59.6 Å². The maximum absolute atomic E-state index is 12.9. The van der Waals surface area contributed by atoms with Crippen molar-refractivity contribution in [2.75, 3.05) is 21.2 Å². The summed E-state index contributed by atoms with van der Waals surface area (Å²) in [5, 5.41) is 11.3. The van der Waals surface area contributed by atoms with E-state index in [0.29, 0.717) is 6.61 Å². The second-order valence-electron chi connectivity index (χ2n) is 6.51. The van der Waals surface area contributed by atoms with Gasteiger partial charge in [-0.05, 0) is 30.7 Å². The average molecular weight is 400 g/mol. The first kappa shape index (κ1) is 22.0. The molecule has 0 saturated heterocycles. The fourth-order valence-electron chi connectivity index (χ4n) is 2.79. The van der Waals surface area contributed by atoms with Crippen LogP contribution < -0.4 is 10.8 Å². The van der Waals surface area contributed by atoms with E-state index in [1.54, 1.807) is 37.6 Å². The number of likely N-dealkylation sites (N-methyl/N-ethyl adjacent to an activating group) is 2. The van der Waals surface area contributed by atoms with Crippen molar-refractivity contribution in [3.63, 3.8) is 0 Å². The normalized spacial score (nSPS) is 12.6. The molecule has 1 atom stereocenters. The van der Waals surface area contributed by atoms with Gasteiger partial charge in [-0.2, -0.15) is 0 Å². The fourth-order valence-corrected chi connectivity index (χ4v) is 2.79. The Labute approximate surface area is 168 Å². The van der Waals surface area contributed by atoms with E-state index >= 15 is 0 Å². The van der Waals surface area contributed by atoms with Crippen LogP contribution in [0.3, 0.4) is 0 Å². The number of methoxy groups -OCH3 is 1. The van der Waals surface area contributed by atoms with Gasteiger partial charge in [-0.1, -0.05) is 18.2 Å². The lowest BCUT2D eigenvalue weighted by Gasteiger charge is -2.34. The Morgan fingerprint density at radius 1 is 1.10 bits per heavy atom. The number of aromatic nitrogens is 1. The largest absolute Gasteiger partial charge is 0.378 e. The van der Waals surface area contributed by atoms with Gasteiger partial charge in [0.15, 0.2) is 5.54 Å². The highest BCUT2D eigenvalue weighted by atomic mass is 16.5. The fraction of sp³-hybridized carbons (Fsp3) is 0.300. The van der Waals surface area contributed by atoms with Crippen molar-refractivity contribution >= 4 is 17.7 Å². The van der Waals surface area contributed by atoms with E-state index in [1.165, 1.54) is 26.5 Å². The van der Waals surface area contributed by atoms with E-state index in [1.807, 2.05) is 12.1 Å². The number of amides is 3. The van der Waals surface area contributed by atoms with Gasteiger partial charge >= 0.3 is 0 Å². The summed E-state index contributed by atoms with van der Waals surface area (Å²) in [4.78, 5) is 42.5. The van der Waals surface area contributed by atoms with E-state index < -0.39 is 23.3 Å². The molecule has 154 valence electrons. The maximum Gasteiger partial charge on any atom is 0.278 e. The van der Waals surface area contributed by atoms with Gasteiger partial charge in [0, 0.05) is 38.5 Å². The van der Waals surface area contributed by atoms with Crippen LogP contribution in [0.25, 0.3) is 11.1 Å². The Balaban J connectivity index is 2.26. The van der Waals surface area contributed by atoms with E-state index in [4.69, 9.17) is 9.94 Å². The lowest BCUT2D eigenvalue weighted by Crippen LogP contribution is -2.64. The quantitative estimate of drug-likeness (QED) is 0.362. The predicted octanol–water partition coefficient (Wildman–Crippen LogP) is 0.977. The van der Waals surface area contributed by atoms with Crippen LogP contribution in [0.2, 0.25) is 0 Å². The number of ether oxygens (including phenoxy) is 1. The molecule has 0 bridgehead atoms. The van der Waals surface area contributed by atoms with E-state index in [9.17, 15) is 14.4 Å². The van der Waals surface area contributed by atoms with E-state index in [0.717, 1.165) is 21.7 Å². The van der Waals surface area contributed by atoms with Crippen molar-refractivity contribution in [2.45, 2.75) is 19.1 Å². The number of hydrogen-bond donors (Lipinski definition) is 3. The molecular formula is C20H24N4O5. The number of hydroxylamine groups is 1. The number of nitrogens with one attached hydrogen (secondary N) is 2. The summed E-state index contributed by atoms with van der Waals surface area (Å²) >= 11 is 0. The first-order chi connectivity index (χ1) is 13.8. The molecule has 9 nitrogen and oxygen atoms in total. The number of pyridine rings is 1. The molecule has 2 aromatic rings. The first-order valence-electron chi connectivity index (χ1n) is 8.78. The predicted molar refractivity (Wildman–Crippen MR) is 105 cm³/mol. The standard InChI is InChI=1S/C20H24N4O5/c1-20(18(26)21-2,19(27)23-28)24(3)17(25)14-7-5-13(6-8-14)15-9-10-16(12-29-4)22-11-15/h5-11,28H,12H2,1-4H3,(H,21,26)(H,23,27)/t20-/m0/s1. The van der Waals surface area contributed by atoms with Crippen molar-refractivity contribution in [1.82, 2.24) is 20.7 Å². The topological polar surface area (TPSA) is 121 Å². The summed E-state index contributed by atoms with van der Waals surface area (Å²) in [5.74, 6) is -2.31. The Bertz CT molecular complexity index is 865. The van der Waals surface area contributed by atoms with Gasteiger partial charge in [0.25, 0.3) is 17.7 Å².